The summed E-state index contributed by atoms with van der Waals surface area (Å²) in [5.74, 6) is 0. The predicted molar refractivity (Wildman–Crippen MR) is 147 cm³/mol. The Bertz CT molecular complexity index is 1540. The van der Waals surface area contributed by atoms with E-state index >= 15 is 0 Å². The standard InChI is InChI=1S/C33H27N/c1-24-15-17-25(18-16-24)26-19-21-29(22-20-26)34(28-10-3-2-4-11-28)33-23-27-9-5-6-12-30(27)31-13-7-8-14-32(31)33/h2-15,17,19-23H,16,18H2,1H3. The highest BCUT2D eigenvalue weighted by Crippen LogP contribution is 2.42. The average molecular weight is 438 g/mol. The molecule has 0 bridgehead atoms. The fraction of sp³-hybridized carbons (Fsp3) is 0.0909. The van der Waals surface area contributed by atoms with Gasteiger partial charge in [0.25, 0.3) is 0 Å². The van der Waals surface area contributed by atoms with E-state index in [0.717, 1.165) is 18.5 Å². The van der Waals surface area contributed by atoms with Crippen LogP contribution in [-0.4, -0.2) is 0 Å². The third-order valence-corrected chi connectivity index (χ3v) is 6.86. The normalized spacial score (nSPS) is 13.6. The molecule has 0 aromatic heterocycles. The Labute approximate surface area is 201 Å². The minimum absolute atomic E-state index is 1.11. The van der Waals surface area contributed by atoms with Gasteiger partial charge in [-0.05, 0) is 77.4 Å². The lowest BCUT2D eigenvalue weighted by Gasteiger charge is -2.28. The van der Waals surface area contributed by atoms with Crippen LogP contribution in [0.5, 0.6) is 0 Å². The van der Waals surface area contributed by atoms with Crippen LogP contribution in [0.25, 0.3) is 27.1 Å². The highest BCUT2D eigenvalue weighted by atomic mass is 15.1. The molecule has 0 aliphatic heterocycles. The Balaban J connectivity index is 1.54. The minimum Gasteiger partial charge on any atom is -0.310 e. The van der Waals surface area contributed by atoms with Gasteiger partial charge in [0.1, 0.15) is 0 Å². The first kappa shape index (κ1) is 20.5. The first-order valence-corrected chi connectivity index (χ1v) is 12.0. The molecule has 0 saturated heterocycles. The fourth-order valence-corrected chi connectivity index (χ4v) is 5.03. The van der Waals surface area contributed by atoms with Crippen LogP contribution >= 0.6 is 0 Å². The number of nitrogens with zero attached hydrogens (tertiary/aromatic N) is 1. The van der Waals surface area contributed by atoms with Crippen LogP contribution in [0, 0.1) is 0 Å². The summed E-state index contributed by atoms with van der Waals surface area (Å²) in [6.07, 6.45) is 6.79. The van der Waals surface area contributed by atoms with Crippen LogP contribution in [0.3, 0.4) is 0 Å². The van der Waals surface area contributed by atoms with Gasteiger partial charge in [-0.1, -0.05) is 96.6 Å². The minimum atomic E-state index is 1.11. The lowest BCUT2D eigenvalue weighted by molar-refractivity contribution is 0.977. The van der Waals surface area contributed by atoms with Crippen molar-refractivity contribution in [2.24, 2.45) is 0 Å². The molecule has 0 fully saturated rings. The third-order valence-electron chi connectivity index (χ3n) is 6.86. The van der Waals surface area contributed by atoms with E-state index in [1.54, 1.807) is 0 Å². The SMILES string of the molecule is CC1=CC=C(c2ccc(N(c3ccccc3)c3cc4ccccc4c4ccccc34)cc2)CC1. The first-order valence-electron chi connectivity index (χ1n) is 12.0. The smallest absolute Gasteiger partial charge is 0.0546 e. The summed E-state index contributed by atoms with van der Waals surface area (Å²) in [6.45, 7) is 2.21. The van der Waals surface area contributed by atoms with Crippen molar-refractivity contribution in [2.75, 3.05) is 4.90 Å². The molecular weight excluding hydrogens is 410 g/mol. The molecular formula is C33H27N. The van der Waals surface area contributed by atoms with E-state index in [1.807, 2.05) is 0 Å². The summed E-state index contributed by atoms with van der Waals surface area (Å²) in [5, 5.41) is 5.08. The summed E-state index contributed by atoms with van der Waals surface area (Å²) in [5.41, 5.74) is 7.70. The van der Waals surface area contributed by atoms with Crippen molar-refractivity contribution in [1.29, 1.82) is 0 Å². The Kier molecular flexibility index (Phi) is 5.24. The van der Waals surface area contributed by atoms with Crippen molar-refractivity contribution in [3.8, 4) is 0 Å². The second-order valence-electron chi connectivity index (χ2n) is 9.09. The van der Waals surface area contributed by atoms with Crippen LogP contribution in [0.4, 0.5) is 17.1 Å². The van der Waals surface area contributed by atoms with Gasteiger partial charge in [-0.25, -0.2) is 0 Å². The number of anilines is 3. The van der Waals surface area contributed by atoms with E-state index in [9.17, 15) is 0 Å². The van der Waals surface area contributed by atoms with E-state index < -0.39 is 0 Å². The van der Waals surface area contributed by atoms with Crippen molar-refractivity contribution >= 4 is 44.2 Å². The molecule has 0 unspecified atom stereocenters. The summed E-state index contributed by atoms with van der Waals surface area (Å²) >= 11 is 0. The van der Waals surface area contributed by atoms with Crippen LogP contribution in [0.2, 0.25) is 0 Å². The van der Waals surface area contributed by atoms with Crippen LogP contribution in [0.1, 0.15) is 25.3 Å². The maximum absolute atomic E-state index is 2.39. The molecule has 6 rings (SSSR count). The lowest BCUT2D eigenvalue weighted by Crippen LogP contribution is -2.10. The highest BCUT2D eigenvalue weighted by molar-refractivity contribution is 6.14. The van der Waals surface area contributed by atoms with E-state index in [1.165, 1.54) is 49.6 Å². The second kappa shape index (κ2) is 8.68. The summed E-state index contributed by atoms with van der Waals surface area (Å²) in [6, 6.07) is 39.5. The number of rotatable bonds is 4. The van der Waals surface area contributed by atoms with E-state index in [4.69, 9.17) is 0 Å². The van der Waals surface area contributed by atoms with Crippen molar-refractivity contribution in [2.45, 2.75) is 19.8 Å². The number of allylic oxidation sites excluding steroid dienone is 4. The molecule has 1 aliphatic rings. The monoisotopic (exact) mass is 437 g/mol. The Hall–Kier alpha value is -4.10. The highest BCUT2D eigenvalue weighted by Gasteiger charge is 2.17. The number of benzene rings is 5. The largest absolute Gasteiger partial charge is 0.310 e. The summed E-state index contributed by atoms with van der Waals surface area (Å²) < 4.78 is 0. The van der Waals surface area contributed by atoms with Crippen molar-refractivity contribution < 1.29 is 0 Å². The molecule has 1 nitrogen and oxygen atoms in total. The molecule has 1 heteroatoms. The molecule has 164 valence electrons. The molecule has 34 heavy (non-hydrogen) atoms. The van der Waals surface area contributed by atoms with Crippen molar-refractivity contribution in [3.63, 3.8) is 0 Å². The van der Waals surface area contributed by atoms with Crippen LogP contribution in [-0.2, 0) is 0 Å². The van der Waals surface area contributed by atoms with Gasteiger partial charge in [0.05, 0.1) is 5.69 Å². The Morgan fingerprint density at radius 1 is 0.559 bits per heavy atom. The molecule has 0 N–H and O–H groups in total. The van der Waals surface area contributed by atoms with Gasteiger partial charge in [-0.2, -0.15) is 0 Å². The molecule has 5 aromatic rings. The zero-order chi connectivity index (χ0) is 22.9. The maximum atomic E-state index is 2.39. The van der Waals surface area contributed by atoms with Gasteiger partial charge in [0.2, 0.25) is 0 Å². The van der Waals surface area contributed by atoms with Crippen LogP contribution < -0.4 is 4.90 Å². The maximum Gasteiger partial charge on any atom is 0.0546 e. The van der Waals surface area contributed by atoms with E-state index in [-0.39, 0.29) is 0 Å². The molecule has 0 saturated carbocycles. The molecule has 1 aliphatic carbocycles. The predicted octanol–water partition coefficient (Wildman–Crippen LogP) is 9.59. The lowest BCUT2D eigenvalue weighted by atomic mass is 9.93. The molecule has 0 spiro atoms. The molecule has 5 aromatic carbocycles. The van der Waals surface area contributed by atoms with Gasteiger partial charge in [0.15, 0.2) is 0 Å². The zero-order valence-electron chi connectivity index (χ0n) is 19.4. The van der Waals surface area contributed by atoms with Gasteiger partial charge in [0, 0.05) is 16.8 Å². The molecule has 0 heterocycles. The Morgan fingerprint density at radius 2 is 1.21 bits per heavy atom. The Morgan fingerprint density at radius 3 is 1.94 bits per heavy atom. The molecule has 0 atom stereocenters. The van der Waals surface area contributed by atoms with Gasteiger partial charge in [-0.15, -0.1) is 0 Å². The quantitative estimate of drug-likeness (QED) is 0.253. The average Bonchev–Trinajstić information content (AvgIpc) is 2.90. The van der Waals surface area contributed by atoms with Gasteiger partial charge < -0.3 is 4.90 Å². The molecule has 0 amide bonds. The molecule has 0 radical (unpaired) electrons. The zero-order valence-corrected chi connectivity index (χ0v) is 19.4. The fourth-order valence-electron chi connectivity index (χ4n) is 5.03. The second-order valence-corrected chi connectivity index (χ2v) is 9.09. The van der Waals surface area contributed by atoms with E-state index in [2.05, 4.69) is 133 Å². The number of hydrogen-bond acceptors (Lipinski definition) is 1. The summed E-state index contributed by atoms with van der Waals surface area (Å²) in [4.78, 5) is 2.39. The first-order chi connectivity index (χ1) is 16.8. The topological polar surface area (TPSA) is 3.24 Å². The van der Waals surface area contributed by atoms with E-state index in [0.29, 0.717) is 0 Å². The third kappa shape index (κ3) is 3.70. The van der Waals surface area contributed by atoms with Crippen LogP contribution in [0.15, 0.2) is 127 Å². The van der Waals surface area contributed by atoms with Gasteiger partial charge >= 0.3 is 0 Å². The number of fused-ring (bicyclic) bond motifs is 3. The summed E-state index contributed by atoms with van der Waals surface area (Å²) in [7, 11) is 0. The van der Waals surface area contributed by atoms with Gasteiger partial charge in [-0.3, -0.25) is 0 Å². The number of para-hydroxylation sites is 1. The van der Waals surface area contributed by atoms with Crippen molar-refractivity contribution in [1.82, 2.24) is 0 Å². The number of hydrogen-bond donors (Lipinski definition) is 0. The van der Waals surface area contributed by atoms with Crippen molar-refractivity contribution in [3.05, 3.63) is 132 Å².